The second kappa shape index (κ2) is 8.45. The van der Waals surface area contributed by atoms with Crippen LogP contribution in [0.1, 0.15) is 26.7 Å². The van der Waals surface area contributed by atoms with E-state index in [1.165, 1.54) is 30.9 Å². The molecule has 2 saturated heterocycles. The van der Waals surface area contributed by atoms with Crippen LogP contribution in [0, 0.1) is 5.82 Å². The molecule has 2 atom stereocenters. The molecule has 3 amide bonds. The van der Waals surface area contributed by atoms with Gasteiger partial charge >= 0.3 is 6.09 Å². The van der Waals surface area contributed by atoms with E-state index in [1.807, 2.05) is 0 Å². The van der Waals surface area contributed by atoms with Crippen molar-refractivity contribution in [1.82, 2.24) is 10.2 Å². The summed E-state index contributed by atoms with van der Waals surface area (Å²) >= 11 is 0. The molecule has 3 rings (SSSR count). The average molecular weight is 393 g/mol. The Morgan fingerprint density at radius 2 is 2.11 bits per heavy atom. The number of piperidine rings is 1. The number of rotatable bonds is 5. The smallest absolute Gasteiger partial charge is 0.414 e. The first-order valence-electron chi connectivity index (χ1n) is 9.28. The fourth-order valence-electron chi connectivity index (χ4n) is 3.35. The van der Waals surface area contributed by atoms with Gasteiger partial charge in [-0.05, 0) is 25.0 Å². The third-order valence-electron chi connectivity index (χ3n) is 4.80. The van der Waals surface area contributed by atoms with Gasteiger partial charge in [-0.15, -0.1) is 0 Å². The molecule has 1 N–H and O–H groups in total. The number of nitrogens with one attached hydrogen (secondary N) is 1. The van der Waals surface area contributed by atoms with Crippen molar-refractivity contribution >= 4 is 23.6 Å². The molecule has 1 aromatic carbocycles. The van der Waals surface area contributed by atoms with Crippen molar-refractivity contribution in [2.24, 2.45) is 0 Å². The van der Waals surface area contributed by atoms with Gasteiger partial charge in [0.1, 0.15) is 12.2 Å². The molecule has 0 aromatic heterocycles. The topological polar surface area (TPSA) is 88.2 Å². The van der Waals surface area contributed by atoms with Crippen LogP contribution in [0.5, 0.6) is 5.75 Å². The van der Waals surface area contributed by atoms with Crippen LogP contribution >= 0.6 is 0 Å². The van der Waals surface area contributed by atoms with Gasteiger partial charge in [-0.1, -0.05) is 0 Å². The van der Waals surface area contributed by atoms with Gasteiger partial charge in [0.15, 0.2) is 11.6 Å². The van der Waals surface area contributed by atoms with Gasteiger partial charge < -0.3 is 19.7 Å². The Bertz CT molecular complexity index is 772. The minimum atomic E-state index is -0.590. The number of amides is 3. The van der Waals surface area contributed by atoms with Crippen molar-refractivity contribution in [2.75, 3.05) is 31.1 Å². The van der Waals surface area contributed by atoms with Crippen LogP contribution in [0.2, 0.25) is 0 Å². The Kier molecular flexibility index (Phi) is 6.01. The number of halogens is 1. The summed E-state index contributed by atoms with van der Waals surface area (Å²) in [6.07, 6.45) is 0.202. The van der Waals surface area contributed by atoms with E-state index in [9.17, 15) is 18.8 Å². The molecule has 2 heterocycles. The van der Waals surface area contributed by atoms with Crippen LogP contribution in [0.4, 0.5) is 14.9 Å². The normalized spacial score (nSPS) is 22.0. The summed E-state index contributed by atoms with van der Waals surface area (Å²) in [6.45, 7) is 4.42. The van der Waals surface area contributed by atoms with Crippen LogP contribution in [0.3, 0.4) is 0 Å². The van der Waals surface area contributed by atoms with Gasteiger partial charge in [-0.2, -0.15) is 0 Å². The quantitative estimate of drug-likeness (QED) is 0.822. The Morgan fingerprint density at radius 3 is 2.79 bits per heavy atom. The number of ether oxygens (including phenoxy) is 2. The zero-order valence-electron chi connectivity index (χ0n) is 15.9. The van der Waals surface area contributed by atoms with E-state index in [4.69, 9.17) is 9.47 Å². The molecule has 8 nitrogen and oxygen atoms in total. The third-order valence-corrected chi connectivity index (χ3v) is 4.80. The van der Waals surface area contributed by atoms with E-state index in [0.717, 1.165) is 12.8 Å². The first-order chi connectivity index (χ1) is 13.3. The Balaban J connectivity index is 1.63. The van der Waals surface area contributed by atoms with Crippen LogP contribution in [-0.2, 0) is 14.3 Å². The largest absolute Gasteiger partial charge is 0.486 e. The molecule has 0 bridgehead atoms. The molecule has 2 aliphatic heterocycles. The third kappa shape index (κ3) is 4.71. The standard InChI is InChI=1S/C19H24FN3O5/c1-12(24)21-9-16-11-23(19(26)28-16)14-5-6-18(17(20)8-14)27-15-4-3-7-22(10-15)13(2)25/h5-6,8,15-16H,3-4,7,9-11H2,1-2H3,(H,21,24)/t15?,16-/m0/s1. The number of carbonyl (C=O) groups excluding carboxylic acids is 3. The number of hydrogen-bond acceptors (Lipinski definition) is 5. The van der Waals surface area contributed by atoms with Gasteiger partial charge in [0.25, 0.3) is 0 Å². The lowest BCUT2D eigenvalue weighted by molar-refractivity contribution is -0.131. The minimum absolute atomic E-state index is 0.0227. The molecule has 152 valence electrons. The number of nitrogens with zero attached hydrogens (tertiary/aromatic N) is 2. The summed E-state index contributed by atoms with van der Waals surface area (Å²) in [4.78, 5) is 37.6. The molecular formula is C19H24FN3O5. The molecular weight excluding hydrogens is 369 g/mol. The lowest BCUT2D eigenvalue weighted by Gasteiger charge is -2.32. The highest BCUT2D eigenvalue weighted by Crippen LogP contribution is 2.28. The van der Waals surface area contributed by atoms with E-state index in [1.54, 1.807) is 11.0 Å². The zero-order chi connectivity index (χ0) is 20.3. The van der Waals surface area contributed by atoms with Crippen molar-refractivity contribution in [3.05, 3.63) is 24.0 Å². The number of cyclic esters (lactones) is 1. The van der Waals surface area contributed by atoms with Crippen LogP contribution < -0.4 is 15.0 Å². The van der Waals surface area contributed by atoms with Crippen molar-refractivity contribution in [2.45, 2.75) is 38.9 Å². The fraction of sp³-hybridized carbons (Fsp3) is 0.526. The second-order valence-electron chi connectivity index (χ2n) is 7.02. The van der Waals surface area contributed by atoms with Crippen molar-refractivity contribution in [3.63, 3.8) is 0 Å². The van der Waals surface area contributed by atoms with Gasteiger partial charge in [0.05, 0.1) is 25.3 Å². The summed E-state index contributed by atoms with van der Waals surface area (Å²) < 4.78 is 25.5. The zero-order valence-corrected chi connectivity index (χ0v) is 15.9. The molecule has 0 aliphatic carbocycles. The second-order valence-corrected chi connectivity index (χ2v) is 7.02. The van der Waals surface area contributed by atoms with Gasteiger partial charge in [0, 0.05) is 26.5 Å². The molecule has 9 heteroatoms. The lowest BCUT2D eigenvalue weighted by atomic mass is 10.1. The predicted octanol–water partition coefficient (Wildman–Crippen LogP) is 1.68. The summed E-state index contributed by atoms with van der Waals surface area (Å²) in [5.74, 6) is -0.740. The highest BCUT2D eigenvalue weighted by molar-refractivity contribution is 5.90. The van der Waals surface area contributed by atoms with E-state index < -0.39 is 18.0 Å². The van der Waals surface area contributed by atoms with E-state index in [2.05, 4.69) is 5.32 Å². The molecule has 1 aromatic rings. The molecule has 1 unspecified atom stereocenters. The molecule has 28 heavy (non-hydrogen) atoms. The van der Waals surface area contributed by atoms with E-state index in [0.29, 0.717) is 18.8 Å². The fourth-order valence-corrected chi connectivity index (χ4v) is 3.35. The summed E-state index contributed by atoms with van der Waals surface area (Å²) in [5, 5.41) is 2.59. The monoisotopic (exact) mass is 393 g/mol. The highest BCUT2D eigenvalue weighted by atomic mass is 19.1. The molecule has 2 fully saturated rings. The number of hydrogen-bond donors (Lipinski definition) is 1. The number of carbonyl (C=O) groups is 3. The summed E-state index contributed by atoms with van der Waals surface area (Å²) in [6, 6.07) is 4.29. The Morgan fingerprint density at radius 1 is 1.32 bits per heavy atom. The van der Waals surface area contributed by atoms with Gasteiger partial charge in [-0.25, -0.2) is 9.18 Å². The molecule has 0 radical (unpaired) electrons. The summed E-state index contributed by atoms with van der Waals surface area (Å²) in [5.41, 5.74) is 0.356. The number of anilines is 1. The van der Waals surface area contributed by atoms with Crippen LogP contribution in [0.15, 0.2) is 18.2 Å². The molecule has 0 spiro atoms. The summed E-state index contributed by atoms with van der Waals surface area (Å²) in [7, 11) is 0. The highest BCUT2D eigenvalue weighted by Gasteiger charge is 2.33. The van der Waals surface area contributed by atoms with Crippen molar-refractivity contribution in [3.8, 4) is 5.75 Å². The Labute approximate surface area is 162 Å². The maximum absolute atomic E-state index is 14.6. The lowest BCUT2D eigenvalue weighted by Crippen LogP contribution is -2.43. The first kappa shape index (κ1) is 19.9. The maximum Gasteiger partial charge on any atom is 0.414 e. The van der Waals surface area contributed by atoms with Crippen molar-refractivity contribution < 1.29 is 28.2 Å². The number of benzene rings is 1. The van der Waals surface area contributed by atoms with Gasteiger partial charge in [0.2, 0.25) is 11.8 Å². The van der Waals surface area contributed by atoms with Crippen LogP contribution in [0.25, 0.3) is 0 Å². The Hall–Kier alpha value is -2.84. The van der Waals surface area contributed by atoms with Crippen LogP contribution in [-0.4, -0.2) is 61.2 Å². The van der Waals surface area contributed by atoms with E-state index in [-0.39, 0.29) is 36.8 Å². The average Bonchev–Trinajstić information content (AvgIpc) is 3.02. The molecule has 2 aliphatic rings. The van der Waals surface area contributed by atoms with E-state index >= 15 is 0 Å². The maximum atomic E-state index is 14.6. The van der Waals surface area contributed by atoms with Gasteiger partial charge in [-0.3, -0.25) is 14.5 Å². The molecule has 0 saturated carbocycles. The number of likely N-dealkylation sites (tertiary alicyclic amines) is 1. The van der Waals surface area contributed by atoms with Crippen molar-refractivity contribution in [1.29, 1.82) is 0 Å². The first-order valence-corrected chi connectivity index (χ1v) is 9.28. The predicted molar refractivity (Wildman–Crippen MR) is 98.6 cm³/mol. The SMILES string of the molecule is CC(=O)NC[C@H]1CN(c2ccc(OC3CCCN(C(C)=O)C3)c(F)c2)C(=O)O1. The minimum Gasteiger partial charge on any atom is -0.486 e.